The summed E-state index contributed by atoms with van der Waals surface area (Å²) in [5.74, 6) is -0.260. The van der Waals surface area contributed by atoms with Crippen molar-refractivity contribution in [1.82, 2.24) is 14.9 Å². The Morgan fingerprint density at radius 1 is 0.957 bits per heavy atom. The number of hydrogen-bond donors (Lipinski definition) is 1. The van der Waals surface area contributed by atoms with Crippen LogP contribution in [0.1, 0.15) is 20.7 Å². The van der Waals surface area contributed by atoms with E-state index >= 15 is 0 Å². The lowest BCUT2D eigenvalue weighted by molar-refractivity contribution is 0.0694. The molecule has 23 heavy (non-hydrogen) atoms. The molecule has 0 aromatic carbocycles. The number of aromatic carboxylic acids is 1. The molecule has 3 rings (SSSR count). The van der Waals surface area contributed by atoms with E-state index in [0.29, 0.717) is 31.7 Å². The minimum absolute atomic E-state index is 0.00114. The minimum atomic E-state index is -0.989. The van der Waals surface area contributed by atoms with Gasteiger partial charge in [0.15, 0.2) is 0 Å². The van der Waals surface area contributed by atoms with Crippen molar-refractivity contribution in [3.63, 3.8) is 0 Å². The van der Waals surface area contributed by atoms with Gasteiger partial charge in [0.25, 0.3) is 5.91 Å². The number of piperazine rings is 1. The first-order chi connectivity index (χ1) is 11.1. The summed E-state index contributed by atoms with van der Waals surface area (Å²) in [6, 6.07) is 6.66. The van der Waals surface area contributed by atoms with Crippen LogP contribution in [0.2, 0.25) is 0 Å². The predicted octanol–water partition coefficient (Wildman–Crippen LogP) is 1.14. The van der Waals surface area contributed by atoms with E-state index in [9.17, 15) is 9.59 Å². The molecule has 0 atom stereocenters. The molecule has 0 bridgehead atoms. The topological polar surface area (TPSA) is 86.6 Å². The van der Waals surface area contributed by atoms with Crippen LogP contribution in [0.25, 0.3) is 0 Å². The average Bonchev–Trinajstić information content (AvgIpc) is 2.62. The zero-order valence-corrected chi connectivity index (χ0v) is 12.4. The lowest BCUT2D eigenvalue weighted by Gasteiger charge is -2.35. The lowest BCUT2D eigenvalue weighted by atomic mass is 10.2. The van der Waals surface area contributed by atoms with E-state index < -0.39 is 5.97 Å². The Balaban J connectivity index is 1.62. The highest BCUT2D eigenvalue weighted by molar-refractivity contribution is 5.94. The van der Waals surface area contributed by atoms with Gasteiger partial charge in [0, 0.05) is 50.3 Å². The molecule has 118 valence electrons. The summed E-state index contributed by atoms with van der Waals surface area (Å²) in [4.78, 5) is 35.1. The van der Waals surface area contributed by atoms with Gasteiger partial charge < -0.3 is 14.9 Å². The third-order valence-corrected chi connectivity index (χ3v) is 3.81. The van der Waals surface area contributed by atoms with Gasteiger partial charge in [-0.15, -0.1) is 0 Å². The maximum absolute atomic E-state index is 12.4. The maximum atomic E-state index is 12.4. The molecule has 7 heteroatoms. The number of pyridine rings is 2. The zero-order valence-electron chi connectivity index (χ0n) is 12.4. The van der Waals surface area contributed by atoms with Crippen molar-refractivity contribution in [1.29, 1.82) is 0 Å². The molecule has 1 amide bonds. The van der Waals surface area contributed by atoms with E-state index in [1.807, 2.05) is 4.90 Å². The van der Waals surface area contributed by atoms with Crippen LogP contribution in [0, 0.1) is 0 Å². The molecule has 0 saturated carbocycles. The number of carboxylic acid groups (broad SMARTS) is 1. The zero-order chi connectivity index (χ0) is 16.2. The average molecular weight is 312 g/mol. The van der Waals surface area contributed by atoms with Gasteiger partial charge in [-0.25, -0.2) is 9.78 Å². The number of amides is 1. The third kappa shape index (κ3) is 3.28. The molecule has 1 fully saturated rings. The summed E-state index contributed by atoms with van der Waals surface area (Å²) >= 11 is 0. The first kappa shape index (κ1) is 15.0. The monoisotopic (exact) mass is 312 g/mol. The third-order valence-electron chi connectivity index (χ3n) is 3.81. The number of hydrogen-bond acceptors (Lipinski definition) is 5. The van der Waals surface area contributed by atoms with Crippen molar-refractivity contribution in [3.8, 4) is 0 Å². The summed E-state index contributed by atoms with van der Waals surface area (Å²) in [6.45, 7) is 2.53. The number of carboxylic acids is 1. The molecule has 0 aliphatic carbocycles. The fourth-order valence-electron chi connectivity index (χ4n) is 2.52. The van der Waals surface area contributed by atoms with Gasteiger partial charge in [-0.2, -0.15) is 0 Å². The first-order valence-corrected chi connectivity index (χ1v) is 7.29. The van der Waals surface area contributed by atoms with Crippen LogP contribution >= 0.6 is 0 Å². The Hall–Kier alpha value is -2.96. The smallest absolute Gasteiger partial charge is 0.337 e. The highest BCUT2D eigenvalue weighted by atomic mass is 16.4. The predicted molar refractivity (Wildman–Crippen MR) is 83.5 cm³/mol. The molecule has 7 nitrogen and oxygen atoms in total. The number of aromatic nitrogens is 2. The standard InChI is InChI=1S/C16H16N4O3/c21-15(12-3-5-17-6-4-12)20-9-7-19(8-10-20)14-2-1-13(11-18-14)16(22)23/h1-6,11H,7-10H2,(H,22,23). The van der Waals surface area contributed by atoms with Gasteiger partial charge in [0.05, 0.1) is 5.56 Å². The van der Waals surface area contributed by atoms with Gasteiger partial charge in [-0.3, -0.25) is 9.78 Å². The second-order valence-corrected chi connectivity index (χ2v) is 5.23. The highest BCUT2D eigenvalue weighted by Crippen LogP contribution is 2.15. The van der Waals surface area contributed by atoms with Crippen molar-refractivity contribution < 1.29 is 14.7 Å². The largest absolute Gasteiger partial charge is 0.478 e. The van der Waals surface area contributed by atoms with Gasteiger partial charge >= 0.3 is 5.97 Å². The van der Waals surface area contributed by atoms with Gasteiger partial charge in [0.2, 0.25) is 0 Å². The molecule has 1 aliphatic heterocycles. The molecule has 1 aliphatic rings. The molecule has 0 spiro atoms. The lowest BCUT2D eigenvalue weighted by Crippen LogP contribution is -2.49. The summed E-state index contributed by atoms with van der Waals surface area (Å²) in [5.41, 5.74) is 0.803. The van der Waals surface area contributed by atoms with Gasteiger partial charge in [0.1, 0.15) is 5.82 Å². The van der Waals surface area contributed by atoms with Crippen molar-refractivity contribution >= 4 is 17.7 Å². The van der Waals surface area contributed by atoms with Crippen molar-refractivity contribution in [2.24, 2.45) is 0 Å². The van der Waals surface area contributed by atoms with Crippen LogP contribution in [0.5, 0.6) is 0 Å². The van der Waals surface area contributed by atoms with Crippen LogP contribution in [0.3, 0.4) is 0 Å². The normalized spacial score (nSPS) is 14.6. The van der Waals surface area contributed by atoms with Crippen LogP contribution < -0.4 is 4.90 Å². The molecule has 0 radical (unpaired) electrons. The van der Waals surface area contributed by atoms with Crippen LogP contribution in [-0.4, -0.2) is 58.0 Å². The minimum Gasteiger partial charge on any atom is -0.478 e. The van der Waals surface area contributed by atoms with Gasteiger partial charge in [-0.1, -0.05) is 0 Å². The van der Waals surface area contributed by atoms with Crippen LogP contribution in [0.4, 0.5) is 5.82 Å². The molecule has 0 unspecified atom stereocenters. The molecule has 2 aromatic heterocycles. The van der Waals surface area contributed by atoms with E-state index in [-0.39, 0.29) is 11.5 Å². The van der Waals surface area contributed by atoms with Crippen LogP contribution in [-0.2, 0) is 0 Å². The number of nitrogens with zero attached hydrogens (tertiary/aromatic N) is 4. The number of anilines is 1. The van der Waals surface area contributed by atoms with E-state index in [1.54, 1.807) is 41.6 Å². The van der Waals surface area contributed by atoms with Gasteiger partial charge in [-0.05, 0) is 24.3 Å². The molecular weight excluding hydrogens is 296 g/mol. The second kappa shape index (κ2) is 6.43. The fraction of sp³-hybridized carbons (Fsp3) is 0.250. The second-order valence-electron chi connectivity index (χ2n) is 5.23. The molecular formula is C16H16N4O3. The quantitative estimate of drug-likeness (QED) is 0.914. The van der Waals surface area contributed by atoms with Crippen LogP contribution in [0.15, 0.2) is 42.9 Å². The maximum Gasteiger partial charge on any atom is 0.337 e. The van der Waals surface area contributed by atoms with Crippen molar-refractivity contribution in [2.75, 3.05) is 31.1 Å². The molecule has 2 aromatic rings. The summed E-state index contributed by atoms with van der Waals surface area (Å²) in [5, 5.41) is 8.89. The molecule has 1 N–H and O–H groups in total. The van der Waals surface area contributed by atoms with E-state index in [2.05, 4.69) is 9.97 Å². The Morgan fingerprint density at radius 2 is 1.65 bits per heavy atom. The molecule has 1 saturated heterocycles. The SMILES string of the molecule is O=C(O)c1ccc(N2CCN(C(=O)c3ccncc3)CC2)nc1. The number of carbonyl (C=O) groups excluding carboxylic acids is 1. The van der Waals surface area contributed by atoms with E-state index in [0.717, 1.165) is 5.82 Å². The van der Waals surface area contributed by atoms with E-state index in [4.69, 9.17) is 5.11 Å². The first-order valence-electron chi connectivity index (χ1n) is 7.29. The summed E-state index contributed by atoms with van der Waals surface area (Å²) in [6.07, 6.45) is 4.57. The van der Waals surface area contributed by atoms with Crippen molar-refractivity contribution in [2.45, 2.75) is 0 Å². The summed E-state index contributed by atoms with van der Waals surface area (Å²) in [7, 11) is 0. The highest BCUT2D eigenvalue weighted by Gasteiger charge is 2.22. The number of rotatable bonds is 3. The fourth-order valence-corrected chi connectivity index (χ4v) is 2.52. The Bertz CT molecular complexity index is 695. The number of carbonyl (C=O) groups is 2. The van der Waals surface area contributed by atoms with E-state index in [1.165, 1.54) is 6.20 Å². The molecule has 3 heterocycles. The van der Waals surface area contributed by atoms with Crippen molar-refractivity contribution in [3.05, 3.63) is 54.0 Å². The summed E-state index contributed by atoms with van der Waals surface area (Å²) < 4.78 is 0. The Morgan fingerprint density at radius 3 is 2.22 bits per heavy atom. The Labute approximate surface area is 133 Å². The Kier molecular flexibility index (Phi) is 4.18.